The number of fused-ring (bicyclic) bond motifs is 1. The number of nitrogens with two attached hydrogens (primary N) is 1. The largest absolute Gasteiger partial charge is 0.497 e. The van der Waals surface area contributed by atoms with Crippen LogP contribution in [0.4, 0.5) is 0 Å². The smallest absolute Gasteiger partial charge is 0.119 e. The van der Waals surface area contributed by atoms with Crippen LogP contribution in [0.5, 0.6) is 11.5 Å². The van der Waals surface area contributed by atoms with Crippen LogP contribution in [0.25, 0.3) is 10.9 Å². The molecule has 0 amide bonds. The Morgan fingerprint density at radius 3 is 2.32 bits per heavy atom. The van der Waals surface area contributed by atoms with Crippen LogP contribution >= 0.6 is 0 Å². The van der Waals surface area contributed by atoms with Gasteiger partial charge in [-0.25, -0.2) is 0 Å². The van der Waals surface area contributed by atoms with Gasteiger partial charge in [0.05, 0.1) is 14.2 Å². The Hall–Kier alpha value is -2.46. The zero-order valence-electron chi connectivity index (χ0n) is 12.8. The van der Waals surface area contributed by atoms with Crippen molar-refractivity contribution < 1.29 is 9.47 Å². The fraction of sp³-hybridized carbons (Fsp3) is 0.222. The second-order valence-corrected chi connectivity index (χ2v) is 5.22. The van der Waals surface area contributed by atoms with Crippen molar-refractivity contribution in [1.29, 1.82) is 0 Å². The van der Waals surface area contributed by atoms with Gasteiger partial charge < -0.3 is 20.2 Å². The predicted molar refractivity (Wildman–Crippen MR) is 88.7 cm³/mol. The third kappa shape index (κ3) is 2.53. The molecule has 0 aliphatic rings. The van der Waals surface area contributed by atoms with Gasteiger partial charge in [0.15, 0.2) is 0 Å². The third-order valence-corrected chi connectivity index (χ3v) is 4.05. The van der Waals surface area contributed by atoms with Crippen LogP contribution in [0.15, 0.2) is 48.7 Å². The molecule has 2 aromatic carbocycles. The van der Waals surface area contributed by atoms with E-state index in [-0.39, 0.29) is 5.92 Å². The van der Waals surface area contributed by atoms with Crippen molar-refractivity contribution in [2.24, 2.45) is 5.73 Å². The van der Waals surface area contributed by atoms with Gasteiger partial charge in [-0.05, 0) is 41.5 Å². The lowest BCUT2D eigenvalue weighted by molar-refractivity contribution is 0.414. The average molecular weight is 296 g/mol. The second-order valence-electron chi connectivity index (χ2n) is 5.22. The molecule has 1 aromatic heterocycles. The molecule has 4 heteroatoms. The molecule has 0 aliphatic carbocycles. The zero-order chi connectivity index (χ0) is 15.5. The van der Waals surface area contributed by atoms with Gasteiger partial charge in [-0.3, -0.25) is 0 Å². The monoisotopic (exact) mass is 296 g/mol. The predicted octanol–water partition coefficient (Wildman–Crippen LogP) is 3.28. The Kier molecular flexibility index (Phi) is 4.02. The number of rotatable bonds is 5. The van der Waals surface area contributed by atoms with E-state index in [1.54, 1.807) is 14.2 Å². The number of aromatic amines is 1. The Morgan fingerprint density at radius 1 is 1.00 bits per heavy atom. The fourth-order valence-corrected chi connectivity index (χ4v) is 2.82. The molecular weight excluding hydrogens is 276 g/mol. The highest BCUT2D eigenvalue weighted by molar-refractivity contribution is 5.85. The van der Waals surface area contributed by atoms with Gasteiger partial charge in [-0.15, -0.1) is 0 Å². The number of methoxy groups -OCH3 is 2. The molecule has 1 atom stereocenters. The lowest BCUT2D eigenvalue weighted by atomic mass is 9.91. The summed E-state index contributed by atoms with van der Waals surface area (Å²) in [4.78, 5) is 3.31. The van der Waals surface area contributed by atoms with E-state index >= 15 is 0 Å². The van der Waals surface area contributed by atoms with Gasteiger partial charge >= 0.3 is 0 Å². The standard InChI is InChI=1S/C18H20N2O2/c1-21-13-5-3-12(4-6-13)16(10-19)17-11-20-18-8-7-14(22-2)9-15(17)18/h3-9,11,16,20H,10,19H2,1-2H3/t16-/m0/s1. The Labute approximate surface area is 129 Å². The first-order valence-electron chi connectivity index (χ1n) is 7.26. The lowest BCUT2D eigenvalue weighted by Crippen LogP contribution is -2.13. The van der Waals surface area contributed by atoms with Gasteiger partial charge in [0.2, 0.25) is 0 Å². The zero-order valence-corrected chi connectivity index (χ0v) is 12.8. The van der Waals surface area contributed by atoms with E-state index in [0.717, 1.165) is 22.4 Å². The number of aromatic nitrogens is 1. The summed E-state index contributed by atoms with van der Waals surface area (Å²) in [6, 6.07) is 14.1. The van der Waals surface area contributed by atoms with Gasteiger partial charge in [0.25, 0.3) is 0 Å². The van der Waals surface area contributed by atoms with Crippen LogP contribution in [0.1, 0.15) is 17.0 Å². The molecule has 0 spiro atoms. The van der Waals surface area contributed by atoms with Crippen LogP contribution in [-0.4, -0.2) is 25.7 Å². The van der Waals surface area contributed by atoms with Crippen LogP contribution in [-0.2, 0) is 0 Å². The first-order valence-corrected chi connectivity index (χ1v) is 7.26. The van der Waals surface area contributed by atoms with E-state index in [2.05, 4.69) is 17.1 Å². The van der Waals surface area contributed by atoms with Crippen molar-refractivity contribution >= 4 is 10.9 Å². The highest BCUT2D eigenvalue weighted by Gasteiger charge is 2.17. The maximum Gasteiger partial charge on any atom is 0.119 e. The maximum absolute atomic E-state index is 6.05. The van der Waals surface area contributed by atoms with Gasteiger partial charge in [-0.2, -0.15) is 0 Å². The number of ether oxygens (including phenoxy) is 2. The van der Waals surface area contributed by atoms with Crippen molar-refractivity contribution in [2.45, 2.75) is 5.92 Å². The van der Waals surface area contributed by atoms with E-state index in [0.29, 0.717) is 6.54 Å². The van der Waals surface area contributed by atoms with Crippen molar-refractivity contribution in [3.63, 3.8) is 0 Å². The van der Waals surface area contributed by atoms with Crippen LogP contribution < -0.4 is 15.2 Å². The quantitative estimate of drug-likeness (QED) is 0.759. The number of hydrogen-bond donors (Lipinski definition) is 2. The summed E-state index contributed by atoms with van der Waals surface area (Å²) in [7, 11) is 3.35. The van der Waals surface area contributed by atoms with Crippen LogP contribution in [0.3, 0.4) is 0 Å². The number of nitrogens with one attached hydrogen (secondary N) is 1. The summed E-state index contributed by atoms with van der Waals surface area (Å²) in [5.74, 6) is 1.82. The molecule has 0 aliphatic heterocycles. The van der Waals surface area contributed by atoms with E-state index in [1.807, 2.05) is 36.5 Å². The summed E-state index contributed by atoms with van der Waals surface area (Å²) in [6.07, 6.45) is 2.03. The van der Waals surface area contributed by atoms with Crippen molar-refractivity contribution in [2.75, 3.05) is 20.8 Å². The topological polar surface area (TPSA) is 60.3 Å². The number of benzene rings is 2. The number of hydrogen-bond acceptors (Lipinski definition) is 3. The fourth-order valence-electron chi connectivity index (χ4n) is 2.82. The van der Waals surface area contributed by atoms with Crippen LogP contribution in [0.2, 0.25) is 0 Å². The summed E-state index contributed by atoms with van der Waals surface area (Å²) in [5.41, 5.74) is 9.49. The van der Waals surface area contributed by atoms with E-state index < -0.39 is 0 Å². The molecule has 114 valence electrons. The van der Waals surface area contributed by atoms with Crippen molar-refractivity contribution in [3.05, 3.63) is 59.8 Å². The Balaban J connectivity index is 2.05. The number of H-pyrrole nitrogens is 1. The lowest BCUT2D eigenvalue weighted by Gasteiger charge is -2.15. The molecular formula is C18H20N2O2. The van der Waals surface area contributed by atoms with E-state index in [4.69, 9.17) is 15.2 Å². The summed E-state index contributed by atoms with van der Waals surface area (Å²) in [5, 5.41) is 1.14. The molecule has 3 N–H and O–H groups in total. The SMILES string of the molecule is COc1ccc([C@H](CN)c2c[nH]c3ccc(OC)cc23)cc1. The Morgan fingerprint density at radius 2 is 1.68 bits per heavy atom. The van der Waals surface area contributed by atoms with Gasteiger partial charge in [-0.1, -0.05) is 12.1 Å². The van der Waals surface area contributed by atoms with E-state index in [9.17, 15) is 0 Å². The minimum Gasteiger partial charge on any atom is -0.497 e. The molecule has 0 fully saturated rings. The van der Waals surface area contributed by atoms with Crippen molar-refractivity contribution in [1.82, 2.24) is 4.98 Å². The highest BCUT2D eigenvalue weighted by Crippen LogP contribution is 2.32. The third-order valence-electron chi connectivity index (χ3n) is 4.05. The first-order chi connectivity index (χ1) is 10.8. The van der Waals surface area contributed by atoms with Crippen molar-refractivity contribution in [3.8, 4) is 11.5 Å². The minimum atomic E-state index is 0.131. The van der Waals surface area contributed by atoms with E-state index in [1.165, 1.54) is 11.1 Å². The summed E-state index contributed by atoms with van der Waals surface area (Å²) in [6.45, 7) is 0.538. The van der Waals surface area contributed by atoms with Crippen LogP contribution in [0, 0.1) is 0 Å². The molecule has 22 heavy (non-hydrogen) atoms. The molecule has 0 saturated carbocycles. The molecule has 4 nitrogen and oxygen atoms in total. The normalized spacial score (nSPS) is 12.3. The Bertz CT molecular complexity index is 762. The first kappa shape index (κ1) is 14.5. The second kappa shape index (κ2) is 6.12. The van der Waals surface area contributed by atoms with Gasteiger partial charge in [0.1, 0.15) is 11.5 Å². The minimum absolute atomic E-state index is 0.131. The molecule has 0 radical (unpaired) electrons. The molecule has 3 aromatic rings. The van der Waals surface area contributed by atoms with Gasteiger partial charge in [0, 0.05) is 29.6 Å². The molecule has 3 rings (SSSR count). The molecule has 0 unspecified atom stereocenters. The molecule has 0 bridgehead atoms. The summed E-state index contributed by atoms with van der Waals surface area (Å²) >= 11 is 0. The molecule has 0 saturated heterocycles. The average Bonchev–Trinajstić information content (AvgIpc) is 2.99. The molecule has 1 heterocycles. The summed E-state index contributed by atoms with van der Waals surface area (Å²) < 4.78 is 10.6. The maximum atomic E-state index is 6.05. The highest BCUT2D eigenvalue weighted by atomic mass is 16.5.